The fraction of sp³-hybridized carbons (Fsp3) is 0.333. The normalized spacial score (nSPS) is 12.4. The molecular formula is C12H15N3S. The highest BCUT2D eigenvalue weighted by Gasteiger charge is 2.06. The summed E-state index contributed by atoms with van der Waals surface area (Å²) in [6.45, 7) is 4.06. The van der Waals surface area contributed by atoms with Crippen molar-refractivity contribution in [1.29, 1.82) is 0 Å². The molecule has 0 saturated heterocycles. The molecule has 2 rings (SSSR count). The van der Waals surface area contributed by atoms with E-state index in [4.69, 9.17) is 0 Å². The standard InChI is InChI=1S/C12H15N3S/c1-9(8-11-6-4-3-5-7-11)13-12-14-10(2)15-16-12/h3-7,9H,8H2,1-2H3,(H,13,14,15). The average molecular weight is 233 g/mol. The predicted molar refractivity (Wildman–Crippen MR) is 67.9 cm³/mol. The second-order valence-electron chi connectivity index (χ2n) is 3.88. The summed E-state index contributed by atoms with van der Waals surface area (Å²) < 4.78 is 4.14. The molecule has 1 atom stereocenters. The number of nitrogens with zero attached hydrogens (tertiary/aromatic N) is 2. The van der Waals surface area contributed by atoms with E-state index in [1.165, 1.54) is 17.1 Å². The molecule has 4 heteroatoms. The lowest BCUT2D eigenvalue weighted by molar-refractivity contribution is 0.788. The molecule has 0 aliphatic carbocycles. The Labute approximate surface area is 99.7 Å². The minimum atomic E-state index is 0.370. The van der Waals surface area contributed by atoms with Gasteiger partial charge in [-0.2, -0.15) is 4.37 Å². The van der Waals surface area contributed by atoms with Crippen LogP contribution in [0, 0.1) is 6.92 Å². The van der Waals surface area contributed by atoms with E-state index in [-0.39, 0.29) is 0 Å². The molecule has 0 radical (unpaired) electrons. The molecule has 0 amide bonds. The van der Waals surface area contributed by atoms with Crippen LogP contribution in [-0.4, -0.2) is 15.4 Å². The minimum Gasteiger partial charge on any atom is -0.357 e. The van der Waals surface area contributed by atoms with Crippen LogP contribution in [0.4, 0.5) is 5.13 Å². The van der Waals surface area contributed by atoms with Gasteiger partial charge in [0.2, 0.25) is 5.13 Å². The van der Waals surface area contributed by atoms with Crippen LogP contribution in [0.1, 0.15) is 18.3 Å². The van der Waals surface area contributed by atoms with E-state index in [9.17, 15) is 0 Å². The van der Waals surface area contributed by atoms with Gasteiger partial charge in [0.1, 0.15) is 5.82 Å². The largest absolute Gasteiger partial charge is 0.357 e. The summed E-state index contributed by atoms with van der Waals surface area (Å²) >= 11 is 1.42. The van der Waals surface area contributed by atoms with E-state index in [2.05, 4.69) is 45.9 Å². The van der Waals surface area contributed by atoms with Gasteiger partial charge in [-0.25, -0.2) is 4.98 Å². The number of rotatable bonds is 4. The number of hydrogen-bond acceptors (Lipinski definition) is 4. The zero-order chi connectivity index (χ0) is 11.4. The highest BCUT2D eigenvalue weighted by Crippen LogP contribution is 2.13. The Morgan fingerprint density at radius 3 is 2.69 bits per heavy atom. The second kappa shape index (κ2) is 5.07. The van der Waals surface area contributed by atoms with Gasteiger partial charge in [0.15, 0.2) is 0 Å². The molecule has 1 heterocycles. The number of nitrogens with one attached hydrogen (secondary N) is 1. The molecule has 1 unspecified atom stereocenters. The molecular weight excluding hydrogens is 218 g/mol. The molecule has 0 fully saturated rings. The number of hydrogen-bond donors (Lipinski definition) is 1. The Balaban J connectivity index is 1.92. The number of anilines is 1. The van der Waals surface area contributed by atoms with Gasteiger partial charge in [0.25, 0.3) is 0 Å². The van der Waals surface area contributed by atoms with E-state index in [0.717, 1.165) is 17.4 Å². The molecule has 1 N–H and O–H groups in total. The van der Waals surface area contributed by atoms with Crippen LogP contribution in [0.15, 0.2) is 30.3 Å². The number of benzene rings is 1. The Hall–Kier alpha value is -1.42. The summed E-state index contributed by atoms with van der Waals surface area (Å²) in [5.74, 6) is 0.833. The summed E-state index contributed by atoms with van der Waals surface area (Å²) in [7, 11) is 0. The molecule has 0 aliphatic heterocycles. The van der Waals surface area contributed by atoms with Gasteiger partial charge in [0.05, 0.1) is 0 Å². The number of aromatic nitrogens is 2. The first kappa shape index (κ1) is 11.1. The highest BCUT2D eigenvalue weighted by molar-refractivity contribution is 7.09. The lowest BCUT2D eigenvalue weighted by Gasteiger charge is -2.12. The Kier molecular flexibility index (Phi) is 3.51. The van der Waals surface area contributed by atoms with Crippen LogP contribution < -0.4 is 5.32 Å². The van der Waals surface area contributed by atoms with E-state index < -0.39 is 0 Å². The van der Waals surface area contributed by atoms with Gasteiger partial charge >= 0.3 is 0 Å². The van der Waals surface area contributed by atoms with Crippen LogP contribution in [0.25, 0.3) is 0 Å². The van der Waals surface area contributed by atoms with Gasteiger partial charge in [-0.3, -0.25) is 0 Å². The number of aryl methyl sites for hydroxylation is 1. The SMILES string of the molecule is Cc1nsc(NC(C)Cc2ccccc2)n1. The van der Waals surface area contributed by atoms with Crippen molar-refractivity contribution < 1.29 is 0 Å². The fourth-order valence-electron chi connectivity index (χ4n) is 1.59. The zero-order valence-electron chi connectivity index (χ0n) is 9.47. The molecule has 0 bridgehead atoms. The van der Waals surface area contributed by atoms with Gasteiger partial charge in [-0.1, -0.05) is 30.3 Å². The fourth-order valence-corrected chi connectivity index (χ4v) is 2.27. The van der Waals surface area contributed by atoms with Crippen molar-refractivity contribution >= 4 is 16.7 Å². The van der Waals surface area contributed by atoms with Crippen molar-refractivity contribution in [1.82, 2.24) is 9.36 Å². The maximum absolute atomic E-state index is 4.29. The first-order chi connectivity index (χ1) is 7.74. The predicted octanol–water partition coefficient (Wildman–Crippen LogP) is 2.89. The van der Waals surface area contributed by atoms with Crippen molar-refractivity contribution in [2.24, 2.45) is 0 Å². The maximum atomic E-state index is 4.29. The first-order valence-corrected chi connectivity index (χ1v) is 6.12. The van der Waals surface area contributed by atoms with Crippen molar-refractivity contribution in [3.8, 4) is 0 Å². The molecule has 1 aromatic carbocycles. The van der Waals surface area contributed by atoms with Crippen LogP contribution in [-0.2, 0) is 6.42 Å². The first-order valence-electron chi connectivity index (χ1n) is 5.35. The van der Waals surface area contributed by atoms with Crippen LogP contribution in [0.3, 0.4) is 0 Å². The monoisotopic (exact) mass is 233 g/mol. The Bertz CT molecular complexity index is 439. The van der Waals surface area contributed by atoms with Crippen LogP contribution in [0.5, 0.6) is 0 Å². The second-order valence-corrected chi connectivity index (χ2v) is 4.63. The third kappa shape index (κ3) is 3.03. The quantitative estimate of drug-likeness (QED) is 0.882. The molecule has 0 aliphatic rings. The average Bonchev–Trinajstić information content (AvgIpc) is 2.65. The van der Waals surface area contributed by atoms with E-state index in [1.807, 2.05) is 13.0 Å². The summed E-state index contributed by atoms with van der Waals surface area (Å²) in [6, 6.07) is 10.8. The molecule has 2 aromatic rings. The van der Waals surface area contributed by atoms with Crippen molar-refractivity contribution in [2.75, 3.05) is 5.32 Å². The molecule has 0 spiro atoms. The molecule has 16 heavy (non-hydrogen) atoms. The molecule has 1 aromatic heterocycles. The van der Waals surface area contributed by atoms with Gasteiger partial charge < -0.3 is 5.32 Å². The molecule has 3 nitrogen and oxygen atoms in total. The summed E-state index contributed by atoms with van der Waals surface area (Å²) in [6.07, 6.45) is 0.999. The Morgan fingerprint density at radius 2 is 2.06 bits per heavy atom. The van der Waals surface area contributed by atoms with E-state index >= 15 is 0 Å². The minimum absolute atomic E-state index is 0.370. The lowest BCUT2D eigenvalue weighted by atomic mass is 10.1. The smallest absolute Gasteiger partial charge is 0.202 e. The zero-order valence-corrected chi connectivity index (χ0v) is 10.3. The maximum Gasteiger partial charge on any atom is 0.202 e. The lowest BCUT2D eigenvalue weighted by Crippen LogP contribution is -2.17. The van der Waals surface area contributed by atoms with Crippen molar-refractivity contribution in [3.05, 3.63) is 41.7 Å². The van der Waals surface area contributed by atoms with Gasteiger partial charge in [-0.15, -0.1) is 0 Å². The summed E-state index contributed by atoms with van der Waals surface area (Å²) in [5.41, 5.74) is 1.34. The third-order valence-corrected chi connectivity index (χ3v) is 3.02. The summed E-state index contributed by atoms with van der Waals surface area (Å²) in [5, 5.41) is 4.26. The van der Waals surface area contributed by atoms with Crippen LogP contribution >= 0.6 is 11.5 Å². The van der Waals surface area contributed by atoms with E-state index in [1.54, 1.807) is 0 Å². The van der Waals surface area contributed by atoms with Crippen LogP contribution in [0.2, 0.25) is 0 Å². The Morgan fingerprint density at radius 1 is 1.31 bits per heavy atom. The van der Waals surface area contributed by atoms with Gasteiger partial charge in [0, 0.05) is 17.6 Å². The molecule has 0 saturated carbocycles. The van der Waals surface area contributed by atoms with Crippen molar-refractivity contribution in [2.45, 2.75) is 26.3 Å². The van der Waals surface area contributed by atoms with E-state index in [0.29, 0.717) is 6.04 Å². The van der Waals surface area contributed by atoms with Crippen molar-refractivity contribution in [3.63, 3.8) is 0 Å². The highest BCUT2D eigenvalue weighted by atomic mass is 32.1. The third-order valence-electron chi connectivity index (χ3n) is 2.28. The molecule has 84 valence electrons. The summed E-state index contributed by atoms with van der Waals surface area (Å²) in [4.78, 5) is 4.29. The van der Waals surface area contributed by atoms with Gasteiger partial charge in [-0.05, 0) is 25.8 Å². The topological polar surface area (TPSA) is 37.8 Å².